The van der Waals surface area contributed by atoms with E-state index >= 15 is 0 Å². The molecule has 3 N–H and O–H groups in total. The van der Waals surface area contributed by atoms with Gasteiger partial charge >= 0.3 is 0 Å². The van der Waals surface area contributed by atoms with Crippen LogP contribution in [0.2, 0.25) is 0 Å². The number of carbonyl (C=O) groups is 2. The van der Waals surface area contributed by atoms with Gasteiger partial charge in [0.05, 0.1) is 6.04 Å². The highest BCUT2D eigenvalue weighted by Crippen LogP contribution is 2.17. The minimum atomic E-state index is -0.545. The fraction of sp³-hybridized carbons (Fsp3) is 0.417. The second-order valence-electron chi connectivity index (χ2n) is 7.98. The highest BCUT2D eigenvalue weighted by atomic mass is 16.2. The van der Waals surface area contributed by atoms with Gasteiger partial charge in [0.2, 0.25) is 11.8 Å². The number of nitrogens with one attached hydrogen (secondary N) is 3. The van der Waals surface area contributed by atoms with Crippen LogP contribution in [0.5, 0.6) is 0 Å². The maximum Gasteiger partial charge on any atom is 0.243 e. The fourth-order valence-corrected chi connectivity index (χ4v) is 3.60. The summed E-state index contributed by atoms with van der Waals surface area (Å²) >= 11 is 0. The number of rotatable bonds is 7. The van der Waals surface area contributed by atoms with E-state index in [1.807, 2.05) is 57.2 Å². The average molecular weight is 394 g/mol. The first kappa shape index (κ1) is 21.1. The van der Waals surface area contributed by atoms with Gasteiger partial charge in [-0.1, -0.05) is 74.4 Å². The molecule has 2 amide bonds. The third kappa shape index (κ3) is 5.45. The molecule has 29 heavy (non-hydrogen) atoms. The molecule has 5 nitrogen and oxygen atoms in total. The largest absolute Gasteiger partial charge is 0.350 e. The summed E-state index contributed by atoms with van der Waals surface area (Å²) in [6.45, 7) is 7.19. The van der Waals surface area contributed by atoms with E-state index in [4.69, 9.17) is 0 Å². The van der Waals surface area contributed by atoms with Crippen LogP contribution >= 0.6 is 0 Å². The van der Waals surface area contributed by atoms with E-state index in [0.29, 0.717) is 19.5 Å². The predicted molar refractivity (Wildman–Crippen MR) is 115 cm³/mol. The van der Waals surface area contributed by atoms with E-state index in [-0.39, 0.29) is 23.8 Å². The Kier molecular flexibility index (Phi) is 7.04. The summed E-state index contributed by atoms with van der Waals surface area (Å²) in [7, 11) is 0. The summed E-state index contributed by atoms with van der Waals surface area (Å²) < 4.78 is 0. The number of hydrogen-bond donors (Lipinski definition) is 3. The smallest absolute Gasteiger partial charge is 0.243 e. The van der Waals surface area contributed by atoms with Gasteiger partial charge in [0, 0.05) is 13.1 Å². The van der Waals surface area contributed by atoms with Crippen LogP contribution in [0.15, 0.2) is 48.5 Å². The number of carbonyl (C=O) groups excluding carboxylic acids is 2. The van der Waals surface area contributed by atoms with Gasteiger partial charge in [-0.25, -0.2) is 0 Å². The molecule has 3 atom stereocenters. The molecule has 2 aromatic rings. The molecule has 5 heteroatoms. The van der Waals surface area contributed by atoms with Crippen molar-refractivity contribution in [1.29, 1.82) is 0 Å². The molecule has 1 aliphatic rings. The Morgan fingerprint density at radius 1 is 1.10 bits per heavy atom. The first-order chi connectivity index (χ1) is 14.0. The summed E-state index contributed by atoms with van der Waals surface area (Å²) in [6.07, 6.45) is 1.45. The zero-order valence-corrected chi connectivity index (χ0v) is 17.5. The lowest BCUT2D eigenvalue weighted by Gasteiger charge is -2.29. The van der Waals surface area contributed by atoms with Gasteiger partial charge in [-0.2, -0.15) is 0 Å². The van der Waals surface area contributed by atoms with Crippen LogP contribution in [0, 0.1) is 12.8 Å². The van der Waals surface area contributed by atoms with Crippen LogP contribution in [-0.2, 0) is 29.1 Å². The van der Waals surface area contributed by atoms with Crippen LogP contribution in [0.3, 0.4) is 0 Å². The molecule has 0 fully saturated rings. The highest BCUT2D eigenvalue weighted by molar-refractivity contribution is 5.90. The molecule has 3 rings (SSSR count). The van der Waals surface area contributed by atoms with Gasteiger partial charge in [0.1, 0.15) is 6.04 Å². The zero-order chi connectivity index (χ0) is 20.8. The van der Waals surface area contributed by atoms with Crippen molar-refractivity contribution in [3.8, 4) is 0 Å². The zero-order valence-electron chi connectivity index (χ0n) is 17.5. The Morgan fingerprint density at radius 3 is 2.48 bits per heavy atom. The van der Waals surface area contributed by atoms with Gasteiger partial charge in [0.15, 0.2) is 0 Å². The molecule has 0 unspecified atom stereocenters. The average Bonchev–Trinajstić information content (AvgIpc) is 2.75. The molecule has 0 saturated heterocycles. The predicted octanol–water partition coefficient (Wildman–Crippen LogP) is 2.86. The number of amides is 2. The van der Waals surface area contributed by atoms with Crippen LogP contribution in [0.25, 0.3) is 0 Å². The minimum Gasteiger partial charge on any atom is -0.350 e. The second kappa shape index (κ2) is 9.70. The van der Waals surface area contributed by atoms with E-state index in [2.05, 4.69) is 28.1 Å². The van der Waals surface area contributed by atoms with Gasteiger partial charge in [-0.05, 0) is 36.0 Å². The van der Waals surface area contributed by atoms with E-state index < -0.39 is 6.04 Å². The Hall–Kier alpha value is -2.66. The first-order valence-corrected chi connectivity index (χ1v) is 10.4. The normalized spacial score (nSPS) is 17.7. The van der Waals surface area contributed by atoms with Gasteiger partial charge in [-0.3, -0.25) is 9.59 Å². The standard InChI is InChI=1S/C24H31N3O2/c1-4-17(3)22(24(29)26-14-18-11-9-16(2)10-12-18)27-23(28)21-13-19-7-5-6-8-20(19)15-25-21/h5-12,17,21-22,25H,4,13-15H2,1-3H3,(H,26,29)(H,27,28)/t17-,21+,22+/m1/s1. The Morgan fingerprint density at radius 2 is 1.79 bits per heavy atom. The number of fused-ring (bicyclic) bond motifs is 1. The summed E-state index contributed by atoms with van der Waals surface area (Å²) in [6, 6.07) is 15.4. The third-order valence-electron chi connectivity index (χ3n) is 5.78. The lowest BCUT2D eigenvalue weighted by molar-refractivity contribution is -0.131. The number of benzene rings is 2. The molecule has 0 aliphatic carbocycles. The molecule has 0 saturated carbocycles. The Bertz CT molecular complexity index is 847. The molecule has 2 aromatic carbocycles. The molecule has 154 valence electrons. The molecule has 1 heterocycles. The fourth-order valence-electron chi connectivity index (χ4n) is 3.60. The van der Waals surface area contributed by atoms with Gasteiger partial charge in [-0.15, -0.1) is 0 Å². The molecule has 0 spiro atoms. The van der Waals surface area contributed by atoms with Crippen LogP contribution in [-0.4, -0.2) is 23.9 Å². The van der Waals surface area contributed by atoms with E-state index in [1.165, 1.54) is 16.7 Å². The topological polar surface area (TPSA) is 70.2 Å². The van der Waals surface area contributed by atoms with Crippen molar-refractivity contribution in [3.63, 3.8) is 0 Å². The molecule has 1 aliphatic heterocycles. The van der Waals surface area contributed by atoms with E-state index in [1.54, 1.807) is 0 Å². The SMILES string of the molecule is CC[C@@H](C)[C@H](NC(=O)[C@@H]1Cc2ccccc2CN1)C(=O)NCc1ccc(C)cc1. The van der Waals surface area contributed by atoms with E-state index in [0.717, 1.165) is 12.0 Å². The van der Waals surface area contributed by atoms with Crippen molar-refractivity contribution < 1.29 is 9.59 Å². The maximum absolute atomic E-state index is 12.9. The molecule has 0 bridgehead atoms. The van der Waals surface area contributed by atoms with Crippen LogP contribution in [0.1, 0.15) is 42.5 Å². The summed E-state index contributed by atoms with van der Waals surface area (Å²) in [5.74, 6) is -0.201. The van der Waals surface area contributed by atoms with Crippen molar-refractivity contribution in [1.82, 2.24) is 16.0 Å². The summed E-state index contributed by atoms with van der Waals surface area (Å²) in [4.78, 5) is 25.8. The minimum absolute atomic E-state index is 0.0489. The number of hydrogen-bond acceptors (Lipinski definition) is 3. The summed E-state index contributed by atoms with van der Waals surface area (Å²) in [5.41, 5.74) is 4.65. The van der Waals surface area contributed by atoms with Crippen molar-refractivity contribution in [2.45, 2.75) is 58.8 Å². The van der Waals surface area contributed by atoms with Crippen molar-refractivity contribution >= 4 is 11.8 Å². The van der Waals surface area contributed by atoms with Crippen molar-refractivity contribution in [2.24, 2.45) is 5.92 Å². The van der Waals surface area contributed by atoms with Crippen LogP contribution < -0.4 is 16.0 Å². The first-order valence-electron chi connectivity index (χ1n) is 10.4. The monoisotopic (exact) mass is 393 g/mol. The molecular formula is C24H31N3O2. The molecule has 0 radical (unpaired) electrons. The second-order valence-corrected chi connectivity index (χ2v) is 7.98. The van der Waals surface area contributed by atoms with Gasteiger partial charge in [0.25, 0.3) is 0 Å². The quantitative estimate of drug-likeness (QED) is 0.677. The maximum atomic E-state index is 12.9. The third-order valence-corrected chi connectivity index (χ3v) is 5.78. The highest BCUT2D eigenvalue weighted by Gasteiger charge is 2.30. The lowest BCUT2D eigenvalue weighted by Crippen LogP contribution is -2.56. The Labute approximate surface area is 173 Å². The van der Waals surface area contributed by atoms with Crippen molar-refractivity contribution in [3.05, 3.63) is 70.8 Å². The van der Waals surface area contributed by atoms with E-state index in [9.17, 15) is 9.59 Å². The Balaban J connectivity index is 1.61. The number of aryl methyl sites for hydroxylation is 1. The molecule has 0 aromatic heterocycles. The summed E-state index contributed by atoms with van der Waals surface area (Å²) in [5, 5.41) is 9.28. The lowest BCUT2D eigenvalue weighted by atomic mass is 9.94. The van der Waals surface area contributed by atoms with Crippen LogP contribution in [0.4, 0.5) is 0 Å². The van der Waals surface area contributed by atoms with Crippen molar-refractivity contribution in [2.75, 3.05) is 0 Å². The van der Waals surface area contributed by atoms with Gasteiger partial charge < -0.3 is 16.0 Å². The molecular weight excluding hydrogens is 362 g/mol.